The summed E-state index contributed by atoms with van der Waals surface area (Å²) < 4.78 is 1.17. The second-order valence-corrected chi connectivity index (χ2v) is 6.14. The molecule has 0 fully saturated rings. The van der Waals surface area contributed by atoms with Crippen molar-refractivity contribution in [2.75, 3.05) is 11.9 Å². The van der Waals surface area contributed by atoms with Crippen LogP contribution in [0, 0.1) is 10.1 Å². The maximum Gasteiger partial charge on any atom is 0.306 e. The topological polar surface area (TPSA) is 107 Å². The van der Waals surface area contributed by atoms with Crippen molar-refractivity contribution >= 4 is 22.3 Å². The molecule has 2 N–H and O–H groups in total. The number of non-ortho nitro benzene ring substituents is 1. The quantitative estimate of drug-likeness (QED) is 0.489. The summed E-state index contributed by atoms with van der Waals surface area (Å²) in [6.45, 7) is 1.88. The van der Waals surface area contributed by atoms with Gasteiger partial charge in [0, 0.05) is 24.1 Å². The Labute approximate surface area is 154 Å². The van der Waals surface area contributed by atoms with E-state index in [1.165, 1.54) is 16.9 Å². The number of nitro benzene ring substituents is 1. The van der Waals surface area contributed by atoms with Crippen LogP contribution in [0.5, 0.6) is 0 Å². The molecule has 0 amide bonds. The summed E-state index contributed by atoms with van der Waals surface area (Å²) >= 11 is 0. The van der Waals surface area contributed by atoms with E-state index in [1.54, 1.807) is 37.3 Å². The van der Waals surface area contributed by atoms with Crippen LogP contribution in [0.3, 0.4) is 0 Å². The van der Waals surface area contributed by atoms with Gasteiger partial charge in [0.1, 0.15) is 12.3 Å². The molecule has 0 aliphatic rings. The molecule has 1 atom stereocenters. The molecule has 3 aromatic rings. The zero-order valence-electron chi connectivity index (χ0n) is 14.7. The van der Waals surface area contributed by atoms with E-state index in [4.69, 9.17) is 4.84 Å². The zero-order chi connectivity index (χ0) is 19.4. The first-order valence-electron chi connectivity index (χ1n) is 8.39. The van der Waals surface area contributed by atoms with Crippen molar-refractivity contribution in [3.8, 4) is 0 Å². The van der Waals surface area contributed by atoms with Gasteiger partial charge in [-0.2, -0.15) is 0 Å². The predicted molar refractivity (Wildman–Crippen MR) is 102 cm³/mol. The average Bonchev–Trinajstić information content (AvgIpc) is 2.66. The molecule has 140 valence electrons. The molecule has 0 bridgehead atoms. The molecule has 0 saturated carbocycles. The molecule has 27 heavy (non-hydrogen) atoms. The molecule has 1 unspecified atom stereocenters. The molecule has 3 rings (SSSR count). The summed E-state index contributed by atoms with van der Waals surface area (Å²) in [5.74, 6) is 0. The van der Waals surface area contributed by atoms with E-state index >= 15 is 0 Å². The molecular formula is C19H19N3O5. The van der Waals surface area contributed by atoms with Gasteiger partial charge < -0.3 is 15.3 Å². The molecule has 1 aromatic heterocycles. The SMILES string of the molecule is CC(O)COn1c(=O)c(NCc2ccc([N+](=O)[O-])cc2)cc2ccccc21. The number of fused-ring (bicyclic) bond motifs is 1. The fourth-order valence-corrected chi connectivity index (χ4v) is 2.60. The van der Waals surface area contributed by atoms with Crippen molar-refractivity contribution in [1.82, 2.24) is 4.73 Å². The summed E-state index contributed by atoms with van der Waals surface area (Å²) in [6.07, 6.45) is -0.715. The third-order valence-electron chi connectivity index (χ3n) is 3.95. The van der Waals surface area contributed by atoms with Crippen LogP contribution in [0.2, 0.25) is 0 Å². The highest BCUT2D eigenvalue weighted by molar-refractivity contribution is 5.81. The van der Waals surface area contributed by atoms with Gasteiger partial charge in [-0.3, -0.25) is 14.9 Å². The van der Waals surface area contributed by atoms with Gasteiger partial charge in [0.2, 0.25) is 0 Å². The third-order valence-corrected chi connectivity index (χ3v) is 3.95. The Balaban J connectivity index is 1.88. The normalized spacial score (nSPS) is 11.9. The van der Waals surface area contributed by atoms with Gasteiger partial charge in [-0.1, -0.05) is 30.3 Å². The van der Waals surface area contributed by atoms with Crippen LogP contribution in [0.1, 0.15) is 12.5 Å². The number of nitro groups is 1. The van der Waals surface area contributed by atoms with Crippen molar-refractivity contribution in [3.05, 3.63) is 80.6 Å². The van der Waals surface area contributed by atoms with E-state index < -0.39 is 11.0 Å². The number of anilines is 1. The highest BCUT2D eigenvalue weighted by Crippen LogP contribution is 2.17. The van der Waals surface area contributed by atoms with E-state index in [2.05, 4.69) is 5.32 Å². The Morgan fingerprint density at radius 2 is 1.93 bits per heavy atom. The van der Waals surface area contributed by atoms with E-state index in [0.29, 0.717) is 17.7 Å². The second kappa shape index (κ2) is 7.88. The molecule has 0 spiro atoms. The van der Waals surface area contributed by atoms with Crippen LogP contribution in [0.15, 0.2) is 59.4 Å². The standard InChI is InChI=1S/C19H19N3O5/c1-13(23)12-27-21-18-5-3-2-4-15(18)10-17(19(21)24)20-11-14-6-8-16(9-7-14)22(25)26/h2-10,13,20,23H,11-12H2,1H3. The van der Waals surface area contributed by atoms with Gasteiger partial charge in [-0.25, -0.2) is 0 Å². The summed E-state index contributed by atoms with van der Waals surface area (Å²) in [7, 11) is 0. The molecule has 8 heteroatoms. The number of benzene rings is 2. The molecule has 8 nitrogen and oxygen atoms in total. The minimum absolute atomic E-state index is 0.0123. The molecule has 2 aromatic carbocycles. The fourth-order valence-electron chi connectivity index (χ4n) is 2.60. The van der Waals surface area contributed by atoms with Gasteiger partial charge in [0.25, 0.3) is 5.69 Å². The zero-order valence-corrected chi connectivity index (χ0v) is 14.7. The summed E-state index contributed by atoms with van der Waals surface area (Å²) in [5, 5.41) is 24.0. The van der Waals surface area contributed by atoms with Gasteiger partial charge in [-0.05, 0) is 24.6 Å². The first-order chi connectivity index (χ1) is 13.0. The van der Waals surface area contributed by atoms with E-state index in [-0.39, 0.29) is 17.9 Å². The Morgan fingerprint density at radius 1 is 1.22 bits per heavy atom. The number of aliphatic hydroxyl groups is 1. The van der Waals surface area contributed by atoms with Crippen molar-refractivity contribution in [2.24, 2.45) is 0 Å². The maximum absolute atomic E-state index is 12.8. The highest BCUT2D eigenvalue weighted by Gasteiger charge is 2.11. The second-order valence-electron chi connectivity index (χ2n) is 6.14. The lowest BCUT2D eigenvalue weighted by Gasteiger charge is -2.15. The Bertz CT molecular complexity index is 1010. The summed E-state index contributed by atoms with van der Waals surface area (Å²) in [6, 6.07) is 15.1. The lowest BCUT2D eigenvalue weighted by Crippen LogP contribution is -2.32. The van der Waals surface area contributed by atoms with E-state index in [9.17, 15) is 20.0 Å². The number of rotatable bonds is 7. The number of nitrogens with one attached hydrogen (secondary N) is 1. The first kappa shape index (κ1) is 18.4. The van der Waals surface area contributed by atoms with Crippen LogP contribution >= 0.6 is 0 Å². The largest absolute Gasteiger partial charge is 0.407 e. The third kappa shape index (κ3) is 4.24. The van der Waals surface area contributed by atoms with Crippen LogP contribution in [-0.2, 0) is 6.54 Å². The minimum Gasteiger partial charge on any atom is -0.407 e. The molecule has 1 heterocycles. The van der Waals surface area contributed by atoms with Crippen molar-refractivity contribution in [1.29, 1.82) is 0 Å². The highest BCUT2D eigenvalue weighted by atomic mass is 16.7. The summed E-state index contributed by atoms with van der Waals surface area (Å²) in [4.78, 5) is 28.5. The van der Waals surface area contributed by atoms with Crippen LogP contribution in [0.4, 0.5) is 11.4 Å². The maximum atomic E-state index is 12.8. The first-order valence-corrected chi connectivity index (χ1v) is 8.39. The Hall–Kier alpha value is -3.39. The number of aromatic nitrogens is 1. The van der Waals surface area contributed by atoms with Crippen LogP contribution in [0.25, 0.3) is 10.9 Å². The number of aliphatic hydroxyl groups excluding tert-OH is 1. The lowest BCUT2D eigenvalue weighted by molar-refractivity contribution is -0.384. The number of hydrogen-bond donors (Lipinski definition) is 2. The van der Waals surface area contributed by atoms with E-state index in [1.807, 2.05) is 12.1 Å². The minimum atomic E-state index is -0.715. The van der Waals surface area contributed by atoms with Crippen LogP contribution < -0.4 is 15.7 Å². The molecule has 0 aliphatic heterocycles. The lowest BCUT2D eigenvalue weighted by atomic mass is 10.2. The smallest absolute Gasteiger partial charge is 0.306 e. The Morgan fingerprint density at radius 3 is 2.59 bits per heavy atom. The van der Waals surface area contributed by atoms with Gasteiger partial charge in [0.15, 0.2) is 0 Å². The monoisotopic (exact) mass is 369 g/mol. The fraction of sp³-hybridized carbons (Fsp3) is 0.211. The molecule has 0 saturated heterocycles. The average molecular weight is 369 g/mol. The van der Waals surface area contributed by atoms with Crippen molar-refractivity contribution in [3.63, 3.8) is 0 Å². The summed E-state index contributed by atoms with van der Waals surface area (Å²) in [5.41, 5.74) is 1.36. The molecular weight excluding hydrogens is 350 g/mol. The van der Waals surface area contributed by atoms with E-state index in [0.717, 1.165) is 10.9 Å². The molecule has 0 radical (unpaired) electrons. The van der Waals surface area contributed by atoms with Gasteiger partial charge in [-0.15, -0.1) is 4.73 Å². The number of para-hydroxylation sites is 1. The number of hydrogen-bond acceptors (Lipinski definition) is 6. The van der Waals surface area contributed by atoms with Crippen molar-refractivity contribution in [2.45, 2.75) is 19.6 Å². The van der Waals surface area contributed by atoms with Crippen LogP contribution in [-0.4, -0.2) is 27.5 Å². The Kier molecular flexibility index (Phi) is 5.37. The van der Waals surface area contributed by atoms with Crippen molar-refractivity contribution < 1.29 is 14.9 Å². The van der Waals surface area contributed by atoms with Gasteiger partial charge in [0.05, 0.1) is 16.5 Å². The number of nitrogens with zero attached hydrogens (tertiary/aromatic N) is 2. The molecule has 0 aliphatic carbocycles. The van der Waals surface area contributed by atoms with Gasteiger partial charge >= 0.3 is 5.56 Å². The number of pyridine rings is 1. The predicted octanol–water partition coefficient (Wildman–Crippen LogP) is 2.33.